The highest BCUT2D eigenvalue weighted by Crippen LogP contribution is 2.31. The van der Waals surface area contributed by atoms with Crippen LogP contribution in [0.5, 0.6) is 0 Å². The first-order chi connectivity index (χ1) is 12.3. The van der Waals surface area contributed by atoms with Crippen molar-refractivity contribution in [2.24, 2.45) is 0 Å². The molecule has 2 atom stereocenters. The first-order valence-electron chi connectivity index (χ1n) is 9.11. The first kappa shape index (κ1) is 19.4. The number of thiophene rings is 1. The molecule has 2 aliphatic rings. The van der Waals surface area contributed by atoms with Crippen molar-refractivity contribution >= 4 is 33.1 Å². The monoisotopic (exact) mass is 399 g/mol. The van der Waals surface area contributed by atoms with E-state index < -0.39 is 15.8 Å². The molecule has 1 saturated heterocycles. The van der Waals surface area contributed by atoms with Gasteiger partial charge in [-0.1, -0.05) is 6.92 Å². The molecular formula is C18H25NO5S2. The fourth-order valence-electron chi connectivity index (χ4n) is 3.70. The van der Waals surface area contributed by atoms with Crippen LogP contribution in [0.4, 0.5) is 0 Å². The van der Waals surface area contributed by atoms with Gasteiger partial charge >= 0.3 is 5.97 Å². The Balaban J connectivity index is 1.62. The predicted octanol–water partition coefficient (Wildman–Crippen LogP) is 2.21. The number of sulfone groups is 1. The van der Waals surface area contributed by atoms with Crippen LogP contribution in [-0.4, -0.2) is 55.4 Å². The maximum Gasteiger partial charge on any atom is 0.348 e. The lowest BCUT2D eigenvalue weighted by Gasteiger charge is -2.33. The largest absolute Gasteiger partial charge is 0.451 e. The molecule has 1 aliphatic heterocycles. The number of esters is 1. The average molecular weight is 400 g/mol. The minimum atomic E-state index is -3.09. The third kappa shape index (κ3) is 4.11. The summed E-state index contributed by atoms with van der Waals surface area (Å²) in [7, 11) is -3.09. The molecule has 1 aliphatic carbocycles. The summed E-state index contributed by atoms with van der Waals surface area (Å²) in [5, 5.41) is 0. The maximum absolute atomic E-state index is 12.7. The molecule has 1 aromatic heterocycles. The van der Waals surface area contributed by atoms with Crippen molar-refractivity contribution in [2.45, 2.75) is 58.0 Å². The fraction of sp³-hybridized carbons (Fsp3) is 0.667. The van der Waals surface area contributed by atoms with E-state index in [9.17, 15) is 18.0 Å². The van der Waals surface area contributed by atoms with Crippen LogP contribution in [0.15, 0.2) is 6.07 Å². The van der Waals surface area contributed by atoms with Gasteiger partial charge in [0, 0.05) is 17.0 Å². The summed E-state index contributed by atoms with van der Waals surface area (Å²) in [5.41, 5.74) is 1.21. The van der Waals surface area contributed by atoms with Gasteiger partial charge in [-0.3, -0.25) is 4.79 Å². The van der Waals surface area contributed by atoms with Gasteiger partial charge in [0.15, 0.2) is 16.4 Å². The van der Waals surface area contributed by atoms with Crippen LogP contribution < -0.4 is 0 Å². The first-order valence-corrected chi connectivity index (χ1v) is 11.7. The quantitative estimate of drug-likeness (QED) is 0.685. The number of aryl methyl sites for hydroxylation is 2. The zero-order chi connectivity index (χ0) is 18.9. The van der Waals surface area contributed by atoms with Gasteiger partial charge < -0.3 is 9.64 Å². The SMILES string of the molecule is CCC(C)N(C(=O)COC(=O)c1cc2c(s1)CCC2)C1CCS(=O)(=O)C1. The molecule has 0 spiro atoms. The van der Waals surface area contributed by atoms with Crippen molar-refractivity contribution in [1.82, 2.24) is 4.90 Å². The molecule has 26 heavy (non-hydrogen) atoms. The van der Waals surface area contributed by atoms with E-state index in [-0.39, 0.29) is 36.1 Å². The van der Waals surface area contributed by atoms with Crippen molar-refractivity contribution in [3.05, 3.63) is 21.4 Å². The molecule has 1 aromatic rings. The molecule has 8 heteroatoms. The Bertz CT molecular complexity index is 777. The molecule has 0 bridgehead atoms. The number of carbonyl (C=O) groups is 2. The topological polar surface area (TPSA) is 80.8 Å². The highest BCUT2D eigenvalue weighted by Gasteiger charge is 2.36. The third-order valence-corrected chi connectivity index (χ3v) is 8.20. The van der Waals surface area contributed by atoms with Crippen LogP contribution in [0.2, 0.25) is 0 Å². The molecule has 1 fully saturated rings. The van der Waals surface area contributed by atoms with Crippen LogP contribution in [0.1, 0.15) is 53.2 Å². The van der Waals surface area contributed by atoms with Gasteiger partial charge in [0.05, 0.1) is 11.5 Å². The van der Waals surface area contributed by atoms with Crippen LogP contribution >= 0.6 is 11.3 Å². The summed E-state index contributed by atoms with van der Waals surface area (Å²) in [6, 6.07) is 1.45. The summed E-state index contributed by atoms with van der Waals surface area (Å²) in [5.74, 6) is -0.688. The number of amides is 1. The number of rotatable bonds is 6. The highest BCUT2D eigenvalue weighted by atomic mass is 32.2. The van der Waals surface area contributed by atoms with Gasteiger partial charge in [-0.15, -0.1) is 11.3 Å². The van der Waals surface area contributed by atoms with Crippen molar-refractivity contribution in [3.8, 4) is 0 Å². The van der Waals surface area contributed by atoms with Crippen LogP contribution in [0, 0.1) is 0 Å². The smallest absolute Gasteiger partial charge is 0.348 e. The van der Waals surface area contributed by atoms with E-state index in [1.54, 1.807) is 4.90 Å². The number of hydrogen-bond donors (Lipinski definition) is 0. The molecule has 144 valence electrons. The second kappa shape index (κ2) is 7.68. The molecular weight excluding hydrogens is 374 g/mol. The molecule has 3 rings (SSSR count). The molecule has 2 heterocycles. The van der Waals surface area contributed by atoms with E-state index >= 15 is 0 Å². The van der Waals surface area contributed by atoms with Gasteiger partial charge in [0.2, 0.25) is 0 Å². The molecule has 0 N–H and O–H groups in total. The molecule has 0 saturated carbocycles. The Labute approximate surface area is 158 Å². The Hall–Kier alpha value is -1.41. The predicted molar refractivity (Wildman–Crippen MR) is 100 cm³/mol. The summed E-state index contributed by atoms with van der Waals surface area (Å²) >= 11 is 1.45. The zero-order valence-electron chi connectivity index (χ0n) is 15.2. The van der Waals surface area contributed by atoms with Gasteiger partial charge in [-0.25, -0.2) is 13.2 Å². The molecule has 1 amide bonds. The van der Waals surface area contributed by atoms with E-state index in [2.05, 4.69) is 0 Å². The van der Waals surface area contributed by atoms with E-state index in [0.29, 0.717) is 17.7 Å². The van der Waals surface area contributed by atoms with Crippen molar-refractivity contribution in [1.29, 1.82) is 0 Å². The summed E-state index contributed by atoms with van der Waals surface area (Å²) in [4.78, 5) is 28.3. The van der Waals surface area contributed by atoms with Gasteiger partial charge in [0.25, 0.3) is 5.91 Å². The Morgan fingerprint density at radius 1 is 1.38 bits per heavy atom. The molecule has 2 unspecified atom stereocenters. The fourth-order valence-corrected chi connectivity index (χ4v) is 6.56. The highest BCUT2D eigenvalue weighted by molar-refractivity contribution is 7.91. The third-order valence-electron chi connectivity index (χ3n) is 5.23. The van der Waals surface area contributed by atoms with Crippen LogP contribution in [0.3, 0.4) is 0 Å². The minimum Gasteiger partial charge on any atom is -0.451 e. The second-order valence-electron chi connectivity index (χ2n) is 7.10. The minimum absolute atomic E-state index is 0.00529. The Kier molecular flexibility index (Phi) is 5.72. The summed E-state index contributed by atoms with van der Waals surface area (Å²) in [6.45, 7) is 3.50. The van der Waals surface area contributed by atoms with Crippen LogP contribution in [-0.2, 0) is 32.2 Å². The van der Waals surface area contributed by atoms with Crippen molar-refractivity contribution in [2.75, 3.05) is 18.1 Å². The van der Waals surface area contributed by atoms with Crippen LogP contribution in [0.25, 0.3) is 0 Å². The molecule has 0 aromatic carbocycles. The van der Waals surface area contributed by atoms with Gasteiger partial charge in [0.1, 0.15) is 4.88 Å². The van der Waals surface area contributed by atoms with E-state index in [0.717, 1.165) is 19.3 Å². The Morgan fingerprint density at radius 2 is 2.15 bits per heavy atom. The normalized spacial score (nSPS) is 22.0. The van der Waals surface area contributed by atoms with E-state index in [1.165, 1.54) is 21.8 Å². The lowest BCUT2D eigenvalue weighted by Crippen LogP contribution is -2.48. The number of ether oxygens (including phenoxy) is 1. The lowest BCUT2D eigenvalue weighted by molar-refractivity contribution is -0.138. The van der Waals surface area contributed by atoms with Gasteiger partial charge in [-0.05, 0) is 50.7 Å². The molecule has 6 nitrogen and oxygen atoms in total. The zero-order valence-corrected chi connectivity index (χ0v) is 16.8. The van der Waals surface area contributed by atoms with Gasteiger partial charge in [-0.2, -0.15) is 0 Å². The van der Waals surface area contributed by atoms with Crippen molar-refractivity contribution in [3.63, 3.8) is 0 Å². The van der Waals surface area contributed by atoms with E-state index in [4.69, 9.17) is 4.74 Å². The average Bonchev–Trinajstić information content (AvgIpc) is 3.27. The maximum atomic E-state index is 12.7. The standard InChI is InChI=1S/C18H25NO5S2/c1-3-12(2)19(14-7-8-26(22,23)11-14)17(20)10-24-18(21)16-9-13-5-4-6-15(13)25-16/h9,12,14H,3-8,10-11H2,1-2H3. The van der Waals surface area contributed by atoms with E-state index in [1.807, 2.05) is 19.9 Å². The second-order valence-corrected chi connectivity index (χ2v) is 10.5. The lowest BCUT2D eigenvalue weighted by atomic mass is 10.1. The number of carbonyl (C=O) groups excluding carboxylic acids is 2. The Morgan fingerprint density at radius 3 is 2.77 bits per heavy atom. The number of nitrogens with zero attached hydrogens (tertiary/aromatic N) is 1. The number of hydrogen-bond acceptors (Lipinski definition) is 6. The van der Waals surface area contributed by atoms with Crippen molar-refractivity contribution < 1.29 is 22.7 Å². The molecule has 0 radical (unpaired) electrons. The number of fused-ring (bicyclic) bond motifs is 1. The summed E-state index contributed by atoms with van der Waals surface area (Å²) < 4.78 is 28.8. The summed E-state index contributed by atoms with van der Waals surface area (Å²) in [6.07, 6.45) is 4.29.